The predicted octanol–water partition coefficient (Wildman–Crippen LogP) is 4.42. The maximum Gasteiger partial charge on any atom is 0.314 e. The van der Waals surface area contributed by atoms with E-state index in [1.54, 1.807) is 12.1 Å². The first-order valence-electron chi connectivity index (χ1n) is 8.17. The Morgan fingerprint density at radius 1 is 1.09 bits per heavy atom. The summed E-state index contributed by atoms with van der Waals surface area (Å²) in [4.78, 5) is 12.0. The summed E-state index contributed by atoms with van der Waals surface area (Å²) in [5, 5.41) is 10.3. The van der Waals surface area contributed by atoms with Crippen LogP contribution >= 0.6 is 11.6 Å². The van der Waals surface area contributed by atoms with Gasteiger partial charge in [0.15, 0.2) is 11.5 Å². The van der Waals surface area contributed by atoms with E-state index in [0.717, 1.165) is 19.3 Å². The van der Waals surface area contributed by atoms with Gasteiger partial charge in [0.1, 0.15) is 0 Å². The lowest BCUT2D eigenvalue weighted by Crippen LogP contribution is -2.38. The molecule has 4 nitrogen and oxygen atoms in total. The van der Waals surface area contributed by atoms with E-state index in [-0.39, 0.29) is 5.41 Å². The number of carboxylic acid groups (broad SMARTS) is 1. The summed E-state index contributed by atoms with van der Waals surface area (Å²) in [5.41, 5.74) is -0.343. The number of aliphatic carboxylic acids is 1. The smallest absolute Gasteiger partial charge is 0.314 e. The van der Waals surface area contributed by atoms with E-state index in [2.05, 4.69) is 13.8 Å². The Balaban J connectivity index is 2.04. The van der Waals surface area contributed by atoms with E-state index in [1.807, 2.05) is 0 Å². The van der Waals surface area contributed by atoms with Crippen LogP contribution in [0.15, 0.2) is 12.1 Å². The minimum atomic E-state index is -0.907. The van der Waals surface area contributed by atoms with Gasteiger partial charge in [-0.2, -0.15) is 0 Å². The Morgan fingerprint density at radius 2 is 1.65 bits per heavy atom. The van der Waals surface area contributed by atoms with Crippen molar-refractivity contribution in [2.75, 3.05) is 13.2 Å². The maximum atomic E-state index is 12.0. The average molecular weight is 339 g/mol. The third-order valence-electron chi connectivity index (χ3n) is 4.90. The predicted molar refractivity (Wildman–Crippen MR) is 88.6 cm³/mol. The number of hydrogen-bond donors (Lipinski definition) is 1. The zero-order valence-electron chi connectivity index (χ0n) is 13.7. The fourth-order valence-corrected chi connectivity index (χ4v) is 3.80. The van der Waals surface area contributed by atoms with Crippen molar-refractivity contribution in [3.8, 4) is 11.5 Å². The lowest BCUT2D eigenvalue weighted by atomic mass is 9.69. The van der Waals surface area contributed by atoms with Crippen molar-refractivity contribution in [2.24, 2.45) is 5.41 Å². The molecule has 0 atom stereocenters. The van der Waals surface area contributed by atoms with Gasteiger partial charge in [0.25, 0.3) is 0 Å². The molecule has 126 valence electrons. The highest BCUT2D eigenvalue weighted by molar-refractivity contribution is 6.32. The minimum Gasteiger partial charge on any atom is -0.489 e. The Kier molecular flexibility index (Phi) is 4.21. The Labute approximate surface area is 141 Å². The lowest BCUT2D eigenvalue weighted by Gasteiger charge is -2.34. The quantitative estimate of drug-likeness (QED) is 0.867. The molecule has 0 unspecified atom stereocenters. The third-order valence-corrected chi connectivity index (χ3v) is 5.21. The highest BCUT2D eigenvalue weighted by Gasteiger charge is 2.43. The van der Waals surface area contributed by atoms with Gasteiger partial charge in [0.05, 0.1) is 18.6 Å². The SMILES string of the molecule is CC1(C)COc2cc(Cl)c(C3(C(=O)O)CCCCC3)cc2OC1. The van der Waals surface area contributed by atoms with Crippen LogP contribution in [0.2, 0.25) is 5.02 Å². The van der Waals surface area contributed by atoms with Gasteiger partial charge in [0.2, 0.25) is 0 Å². The van der Waals surface area contributed by atoms with Crippen LogP contribution < -0.4 is 9.47 Å². The number of carboxylic acids is 1. The van der Waals surface area contributed by atoms with Crippen molar-refractivity contribution >= 4 is 17.6 Å². The standard InChI is InChI=1S/C18H23ClO4/c1-17(2)10-22-14-8-12(13(19)9-15(14)23-11-17)18(16(20)21)6-4-3-5-7-18/h8-9H,3-7,10-11H2,1-2H3,(H,20,21). The second kappa shape index (κ2) is 5.90. The number of rotatable bonds is 2. The summed E-state index contributed by atoms with van der Waals surface area (Å²) in [7, 11) is 0. The fraction of sp³-hybridized carbons (Fsp3) is 0.611. The van der Waals surface area contributed by atoms with Crippen molar-refractivity contribution in [3.05, 3.63) is 22.7 Å². The number of benzene rings is 1. The van der Waals surface area contributed by atoms with Crippen molar-refractivity contribution in [2.45, 2.75) is 51.4 Å². The van der Waals surface area contributed by atoms with E-state index in [4.69, 9.17) is 21.1 Å². The number of halogens is 1. The number of fused-ring (bicyclic) bond motifs is 1. The van der Waals surface area contributed by atoms with Crippen LogP contribution in [-0.2, 0) is 10.2 Å². The Bertz CT molecular complexity index is 618. The van der Waals surface area contributed by atoms with Gasteiger partial charge in [-0.25, -0.2) is 0 Å². The molecular weight excluding hydrogens is 316 g/mol. The highest BCUT2D eigenvalue weighted by atomic mass is 35.5. The molecule has 1 aliphatic heterocycles. The van der Waals surface area contributed by atoms with Crippen molar-refractivity contribution < 1.29 is 19.4 Å². The molecule has 3 rings (SSSR count). The number of hydrogen-bond acceptors (Lipinski definition) is 3. The van der Waals surface area contributed by atoms with E-state index >= 15 is 0 Å². The molecule has 1 heterocycles. The van der Waals surface area contributed by atoms with Crippen LogP contribution in [0.5, 0.6) is 11.5 Å². The molecule has 23 heavy (non-hydrogen) atoms. The molecule has 1 aromatic carbocycles. The van der Waals surface area contributed by atoms with Crippen LogP contribution in [0.4, 0.5) is 0 Å². The Hall–Kier alpha value is -1.42. The molecular formula is C18H23ClO4. The summed E-state index contributed by atoms with van der Waals surface area (Å²) < 4.78 is 11.7. The summed E-state index contributed by atoms with van der Waals surface area (Å²) in [5.74, 6) is 0.399. The molecule has 1 saturated carbocycles. The van der Waals surface area contributed by atoms with E-state index in [0.29, 0.717) is 48.1 Å². The summed E-state index contributed by atoms with van der Waals surface area (Å²) in [6.07, 6.45) is 4.12. The van der Waals surface area contributed by atoms with Crippen molar-refractivity contribution in [1.29, 1.82) is 0 Å². The van der Waals surface area contributed by atoms with Crippen LogP contribution in [0, 0.1) is 5.41 Å². The Morgan fingerprint density at radius 3 is 2.22 bits per heavy atom. The van der Waals surface area contributed by atoms with Crippen molar-refractivity contribution in [1.82, 2.24) is 0 Å². The summed E-state index contributed by atoms with van der Waals surface area (Å²) in [6.45, 7) is 5.21. The van der Waals surface area contributed by atoms with Gasteiger partial charge < -0.3 is 14.6 Å². The largest absolute Gasteiger partial charge is 0.489 e. The molecule has 0 spiro atoms. The van der Waals surface area contributed by atoms with Crippen LogP contribution in [0.3, 0.4) is 0 Å². The second-order valence-electron chi connectivity index (χ2n) is 7.47. The van der Waals surface area contributed by atoms with Gasteiger partial charge in [-0.15, -0.1) is 0 Å². The monoisotopic (exact) mass is 338 g/mol. The topological polar surface area (TPSA) is 55.8 Å². The van der Waals surface area contributed by atoms with Gasteiger partial charge in [-0.05, 0) is 24.5 Å². The number of carbonyl (C=O) groups is 1. The summed E-state index contributed by atoms with van der Waals surface area (Å²) >= 11 is 6.45. The maximum absolute atomic E-state index is 12.0. The molecule has 0 amide bonds. The molecule has 0 saturated heterocycles. The molecule has 1 N–H and O–H groups in total. The number of ether oxygens (including phenoxy) is 2. The third kappa shape index (κ3) is 3.01. The normalized spacial score (nSPS) is 22.2. The van der Waals surface area contributed by atoms with Gasteiger partial charge in [-0.3, -0.25) is 4.79 Å². The van der Waals surface area contributed by atoms with E-state index < -0.39 is 11.4 Å². The van der Waals surface area contributed by atoms with Gasteiger partial charge >= 0.3 is 5.97 Å². The zero-order valence-corrected chi connectivity index (χ0v) is 14.4. The highest BCUT2D eigenvalue weighted by Crippen LogP contribution is 2.47. The first-order valence-corrected chi connectivity index (χ1v) is 8.55. The van der Waals surface area contributed by atoms with E-state index in [9.17, 15) is 9.90 Å². The minimum absolute atomic E-state index is 0.0962. The van der Waals surface area contributed by atoms with Gasteiger partial charge in [0, 0.05) is 16.5 Å². The molecule has 1 fully saturated rings. The van der Waals surface area contributed by atoms with Crippen molar-refractivity contribution in [3.63, 3.8) is 0 Å². The molecule has 0 radical (unpaired) electrons. The zero-order chi connectivity index (χ0) is 16.7. The van der Waals surface area contributed by atoms with Crippen LogP contribution in [0.1, 0.15) is 51.5 Å². The molecule has 1 aliphatic carbocycles. The average Bonchev–Trinajstić information content (AvgIpc) is 2.66. The molecule has 0 aromatic heterocycles. The molecule has 2 aliphatic rings. The lowest BCUT2D eigenvalue weighted by molar-refractivity contribution is -0.145. The van der Waals surface area contributed by atoms with Crippen LogP contribution in [-0.4, -0.2) is 24.3 Å². The molecule has 5 heteroatoms. The van der Waals surface area contributed by atoms with Gasteiger partial charge in [-0.1, -0.05) is 44.7 Å². The molecule has 1 aromatic rings. The fourth-order valence-electron chi connectivity index (χ4n) is 3.47. The molecule has 0 bridgehead atoms. The van der Waals surface area contributed by atoms with Crippen LogP contribution in [0.25, 0.3) is 0 Å². The summed E-state index contributed by atoms with van der Waals surface area (Å²) in [6, 6.07) is 3.51. The van der Waals surface area contributed by atoms with E-state index in [1.165, 1.54) is 0 Å². The second-order valence-corrected chi connectivity index (χ2v) is 7.88. The first-order chi connectivity index (χ1) is 10.8. The first kappa shape index (κ1) is 16.4.